The predicted molar refractivity (Wildman–Crippen MR) is 75.8 cm³/mol. The van der Waals surface area contributed by atoms with Crippen molar-refractivity contribution in [3.05, 3.63) is 34.9 Å². The normalized spacial score (nSPS) is 13.1. The van der Waals surface area contributed by atoms with Crippen molar-refractivity contribution in [2.45, 2.75) is 26.4 Å². The van der Waals surface area contributed by atoms with E-state index in [1.165, 1.54) is 5.56 Å². The maximum atomic E-state index is 5.83. The lowest BCUT2D eigenvalue weighted by molar-refractivity contribution is 0.436. The molecule has 0 saturated carbocycles. The molecular formula is C12H17ClIN. The highest BCUT2D eigenvalue weighted by Gasteiger charge is 2.10. The van der Waals surface area contributed by atoms with Crippen LogP contribution in [0.4, 0.5) is 0 Å². The average molecular weight is 338 g/mol. The van der Waals surface area contributed by atoms with Crippen molar-refractivity contribution >= 4 is 34.2 Å². The number of hydrogen-bond acceptors (Lipinski definition) is 1. The van der Waals surface area contributed by atoms with Crippen LogP contribution < -0.4 is 5.32 Å². The standard InChI is InChI=1S/C12H17ClIN/c1-9(2)12(7-14)15-8-10-3-5-11(13)6-4-10/h3-6,9,12,15H,7-8H2,1-2H3. The number of rotatable bonds is 5. The van der Waals surface area contributed by atoms with E-state index in [-0.39, 0.29) is 0 Å². The number of hydrogen-bond donors (Lipinski definition) is 1. The Morgan fingerprint density at radius 2 is 1.87 bits per heavy atom. The second kappa shape index (κ2) is 6.71. The number of alkyl halides is 1. The largest absolute Gasteiger partial charge is 0.309 e. The van der Waals surface area contributed by atoms with Gasteiger partial charge in [-0.3, -0.25) is 0 Å². The van der Waals surface area contributed by atoms with Crippen molar-refractivity contribution in [2.24, 2.45) is 5.92 Å². The smallest absolute Gasteiger partial charge is 0.0406 e. The van der Waals surface area contributed by atoms with E-state index in [9.17, 15) is 0 Å². The average Bonchev–Trinajstić information content (AvgIpc) is 2.21. The molecule has 0 aliphatic rings. The molecule has 1 unspecified atom stereocenters. The SMILES string of the molecule is CC(C)C(CI)NCc1ccc(Cl)cc1. The molecule has 1 aromatic rings. The molecule has 0 aromatic heterocycles. The van der Waals surface area contributed by atoms with E-state index >= 15 is 0 Å². The monoisotopic (exact) mass is 337 g/mol. The van der Waals surface area contributed by atoms with Crippen molar-refractivity contribution in [1.29, 1.82) is 0 Å². The molecule has 0 saturated heterocycles. The van der Waals surface area contributed by atoms with Gasteiger partial charge in [-0.15, -0.1) is 0 Å². The fraction of sp³-hybridized carbons (Fsp3) is 0.500. The molecule has 0 amide bonds. The van der Waals surface area contributed by atoms with E-state index in [0.29, 0.717) is 12.0 Å². The molecule has 1 aromatic carbocycles. The minimum Gasteiger partial charge on any atom is -0.309 e. The van der Waals surface area contributed by atoms with Crippen LogP contribution in [0.3, 0.4) is 0 Å². The summed E-state index contributed by atoms with van der Waals surface area (Å²) in [6.07, 6.45) is 0. The van der Waals surface area contributed by atoms with Crippen molar-refractivity contribution < 1.29 is 0 Å². The van der Waals surface area contributed by atoms with E-state index in [1.54, 1.807) is 0 Å². The zero-order valence-corrected chi connectivity index (χ0v) is 12.0. The minimum absolute atomic E-state index is 0.585. The van der Waals surface area contributed by atoms with Crippen LogP contribution in [0.15, 0.2) is 24.3 Å². The number of nitrogens with one attached hydrogen (secondary N) is 1. The summed E-state index contributed by atoms with van der Waals surface area (Å²) in [5.41, 5.74) is 1.29. The van der Waals surface area contributed by atoms with Crippen molar-refractivity contribution in [3.8, 4) is 0 Å². The molecule has 0 bridgehead atoms. The van der Waals surface area contributed by atoms with Gasteiger partial charge in [0.15, 0.2) is 0 Å². The molecule has 0 aliphatic heterocycles. The summed E-state index contributed by atoms with van der Waals surface area (Å²) in [6.45, 7) is 5.42. The van der Waals surface area contributed by atoms with E-state index in [0.717, 1.165) is 16.0 Å². The molecular weight excluding hydrogens is 320 g/mol. The first-order valence-corrected chi connectivity index (χ1v) is 7.07. The van der Waals surface area contributed by atoms with Crippen LogP contribution in [-0.4, -0.2) is 10.5 Å². The molecule has 0 heterocycles. The maximum absolute atomic E-state index is 5.83. The summed E-state index contributed by atoms with van der Waals surface area (Å²) in [7, 11) is 0. The van der Waals surface area contributed by atoms with Gasteiger partial charge < -0.3 is 5.32 Å². The molecule has 0 spiro atoms. The summed E-state index contributed by atoms with van der Waals surface area (Å²) in [5, 5.41) is 4.35. The topological polar surface area (TPSA) is 12.0 Å². The van der Waals surface area contributed by atoms with Gasteiger partial charge in [-0.1, -0.05) is 60.2 Å². The highest BCUT2D eigenvalue weighted by Crippen LogP contribution is 2.11. The summed E-state index contributed by atoms with van der Waals surface area (Å²) in [5.74, 6) is 0.675. The highest BCUT2D eigenvalue weighted by molar-refractivity contribution is 14.1. The Labute approximate surface area is 111 Å². The van der Waals surface area contributed by atoms with Gasteiger partial charge in [0.05, 0.1) is 0 Å². The van der Waals surface area contributed by atoms with Gasteiger partial charge in [0.1, 0.15) is 0 Å². The van der Waals surface area contributed by atoms with Crippen LogP contribution in [0, 0.1) is 5.92 Å². The Balaban J connectivity index is 2.45. The van der Waals surface area contributed by atoms with Crippen LogP contribution in [-0.2, 0) is 6.54 Å². The second-order valence-electron chi connectivity index (χ2n) is 4.01. The van der Waals surface area contributed by atoms with Gasteiger partial charge in [0.25, 0.3) is 0 Å². The molecule has 3 heteroatoms. The molecule has 1 rings (SSSR count). The quantitative estimate of drug-likeness (QED) is 0.635. The summed E-state index contributed by atoms with van der Waals surface area (Å²) in [4.78, 5) is 0. The first kappa shape index (κ1) is 13.3. The fourth-order valence-electron chi connectivity index (χ4n) is 1.32. The van der Waals surface area contributed by atoms with Gasteiger partial charge in [-0.2, -0.15) is 0 Å². The summed E-state index contributed by atoms with van der Waals surface area (Å²) < 4.78 is 1.14. The van der Waals surface area contributed by atoms with Crippen LogP contribution in [0.1, 0.15) is 19.4 Å². The molecule has 0 fully saturated rings. The van der Waals surface area contributed by atoms with Crippen molar-refractivity contribution in [2.75, 3.05) is 4.43 Å². The lowest BCUT2D eigenvalue weighted by Gasteiger charge is -2.19. The molecule has 0 aliphatic carbocycles. The molecule has 1 atom stereocenters. The zero-order chi connectivity index (χ0) is 11.3. The molecule has 1 N–H and O–H groups in total. The van der Waals surface area contributed by atoms with Crippen molar-refractivity contribution in [3.63, 3.8) is 0 Å². The fourth-order valence-corrected chi connectivity index (χ4v) is 2.77. The number of halogens is 2. The van der Waals surface area contributed by atoms with Gasteiger partial charge in [-0.05, 0) is 23.6 Å². The molecule has 1 nitrogen and oxygen atoms in total. The van der Waals surface area contributed by atoms with Gasteiger partial charge in [0, 0.05) is 22.0 Å². The highest BCUT2D eigenvalue weighted by atomic mass is 127. The van der Waals surface area contributed by atoms with E-state index in [4.69, 9.17) is 11.6 Å². The van der Waals surface area contributed by atoms with E-state index < -0.39 is 0 Å². The Morgan fingerprint density at radius 3 is 2.33 bits per heavy atom. The lowest BCUT2D eigenvalue weighted by atomic mass is 10.1. The predicted octanol–water partition coefficient (Wildman–Crippen LogP) is 3.89. The Kier molecular flexibility index (Phi) is 5.94. The third-order valence-electron chi connectivity index (χ3n) is 2.45. The third-order valence-corrected chi connectivity index (χ3v) is 3.65. The van der Waals surface area contributed by atoms with Crippen molar-refractivity contribution in [1.82, 2.24) is 5.32 Å². The van der Waals surface area contributed by atoms with Crippen LogP contribution in [0.5, 0.6) is 0 Å². The Bertz CT molecular complexity index is 284. The van der Waals surface area contributed by atoms with E-state index in [1.807, 2.05) is 12.1 Å². The summed E-state index contributed by atoms with van der Waals surface area (Å²) >= 11 is 8.26. The first-order chi connectivity index (χ1) is 7.13. The summed E-state index contributed by atoms with van der Waals surface area (Å²) in [6, 6.07) is 8.60. The van der Waals surface area contributed by atoms with Crippen LogP contribution in [0.25, 0.3) is 0 Å². The third kappa shape index (κ3) is 4.70. The number of benzene rings is 1. The second-order valence-corrected chi connectivity index (χ2v) is 5.33. The Hall–Kier alpha value is 0.200. The maximum Gasteiger partial charge on any atom is 0.0406 e. The van der Waals surface area contributed by atoms with Crippen LogP contribution >= 0.6 is 34.2 Å². The molecule has 0 radical (unpaired) electrons. The van der Waals surface area contributed by atoms with E-state index in [2.05, 4.69) is 53.9 Å². The van der Waals surface area contributed by atoms with Gasteiger partial charge >= 0.3 is 0 Å². The Morgan fingerprint density at radius 1 is 1.27 bits per heavy atom. The lowest BCUT2D eigenvalue weighted by Crippen LogP contribution is -2.34. The molecule has 15 heavy (non-hydrogen) atoms. The van der Waals surface area contributed by atoms with Gasteiger partial charge in [-0.25, -0.2) is 0 Å². The zero-order valence-electron chi connectivity index (χ0n) is 9.13. The first-order valence-electron chi connectivity index (χ1n) is 5.17. The van der Waals surface area contributed by atoms with Gasteiger partial charge in [0.2, 0.25) is 0 Å². The minimum atomic E-state index is 0.585. The van der Waals surface area contributed by atoms with Crippen LogP contribution in [0.2, 0.25) is 5.02 Å². The molecule has 84 valence electrons.